The number of hydrogen-bond acceptors (Lipinski definition) is 5. The molecule has 1 aliphatic rings. The number of rotatable bonds is 2. The van der Waals surface area contributed by atoms with Gasteiger partial charge in [0.15, 0.2) is 11.6 Å². The van der Waals surface area contributed by atoms with Gasteiger partial charge >= 0.3 is 0 Å². The number of likely N-dealkylation sites (N-methyl/N-ethyl adjacent to an activating group) is 1. The number of nitrogens with zero attached hydrogens (tertiary/aromatic N) is 4. The van der Waals surface area contributed by atoms with Crippen LogP contribution in [-0.4, -0.2) is 55.1 Å². The number of piperazine rings is 1. The molecule has 0 amide bonds. The van der Waals surface area contributed by atoms with Crippen LogP contribution in [0.2, 0.25) is 0 Å². The van der Waals surface area contributed by atoms with Gasteiger partial charge in [0.05, 0.1) is 5.69 Å². The van der Waals surface area contributed by atoms with Gasteiger partial charge in [-0.15, -0.1) is 0 Å². The molecule has 0 radical (unpaired) electrons. The first kappa shape index (κ1) is 12.0. The number of hydrogen-bond donors (Lipinski definition) is 1. The number of halogens is 1. The van der Waals surface area contributed by atoms with Gasteiger partial charge < -0.3 is 15.1 Å². The van der Waals surface area contributed by atoms with Crippen LogP contribution in [0.25, 0.3) is 0 Å². The van der Waals surface area contributed by atoms with Crippen molar-refractivity contribution in [1.29, 1.82) is 0 Å². The molecule has 1 aliphatic heterocycles. The molecule has 1 saturated heterocycles. The summed E-state index contributed by atoms with van der Waals surface area (Å²) in [7, 11) is 3.76. The van der Waals surface area contributed by atoms with E-state index in [1.165, 1.54) is 0 Å². The lowest BCUT2D eigenvalue weighted by atomic mass is 10.3. The van der Waals surface area contributed by atoms with Crippen LogP contribution in [0.3, 0.4) is 0 Å². The Bertz CT molecular complexity index is 401. The Morgan fingerprint density at radius 1 is 1.18 bits per heavy atom. The molecule has 1 aromatic heterocycles. The highest BCUT2D eigenvalue weighted by molar-refractivity contribution is 5.44. The molecule has 0 unspecified atom stereocenters. The molecular weight excluding hydrogens is 221 g/mol. The van der Waals surface area contributed by atoms with Crippen molar-refractivity contribution in [3.05, 3.63) is 11.5 Å². The van der Waals surface area contributed by atoms with E-state index in [1.807, 2.05) is 0 Å². The van der Waals surface area contributed by atoms with Crippen molar-refractivity contribution in [3.8, 4) is 0 Å². The van der Waals surface area contributed by atoms with Gasteiger partial charge in [0.2, 0.25) is 5.95 Å². The van der Waals surface area contributed by atoms with Crippen LogP contribution in [0.4, 0.5) is 16.2 Å². The molecule has 0 saturated carbocycles. The Morgan fingerprint density at radius 2 is 1.82 bits per heavy atom. The first-order valence-electron chi connectivity index (χ1n) is 5.77. The maximum atomic E-state index is 13.6. The van der Waals surface area contributed by atoms with E-state index in [4.69, 9.17) is 0 Å². The fraction of sp³-hybridized carbons (Fsp3) is 0.636. The van der Waals surface area contributed by atoms with Gasteiger partial charge in [-0.3, -0.25) is 0 Å². The van der Waals surface area contributed by atoms with Crippen LogP contribution in [0, 0.1) is 12.7 Å². The van der Waals surface area contributed by atoms with Gasteiger partial charge in [0.25, 0.3) is 0 Å². The predicted octanol–water partition coefficient (Wildman–Crippen LogP) is 0.718. The van der Waals surface area contributed by atoms with Crippen LogP contribution < -0.4 is 10.2 Å². The SMILES string of the molecule is CNc1nc(N2CCN(C)CC2)nc(C)c1F. The molecule has 0 spiro atoms. The van der Waals surface area contributed by atoms with Crippen molar-refractivity contribution >= 4 is 11.8 Å². The number of aryl methyl sites for hydroxylation is 1. The minimum absolute atomic E-state index is 0.270. The van der Waals surface area contributed by atoms with Crippen LogP contribution in [0.1, 0.15) is 5.69 Å². The van der Waals surface area contributed by atoms with Crippen molar-refractivity contribution in [3.63, 3.8) is 0 Å². The third-order valence-electron chi connectivity index (χ3n) is 3.03. The number of anilines is 2. The van der Waals surface area contributed by atoms with E-state index in [1.54, 1.807) is 14.0 Å². The normalized spacial score (nSPS) is 17.3. The summed E-state index contributed by atoms with van der Waals surface area (Å²) in [4.78, 5) is 12.8. The average Bonchev–Trinajstić information content (AvgIpc) is 2.33. The van der Waals surface area contributed by atoms with Crippen molar-refractivity contribution < 1.29 is 4.39 Å². The molecule has 1 aromatic rings. The summed E-state index contributed by atoms with van der Waals surface area (Å²) in [6.07, 6.45) is 0. The highest BCUT2D eigenvalue weighted by Crippen LogP contribution is 2.18. The molecule has 1 fully saturated rings. The second-order valence-corrected chi connectivity index (χ2v) is 4.31. The topological polar surface area (TPSA) is 44.3 Å². The Morgan fingerprint density at radius 3 is 2.41 bits per heavy atom. The predicted molar refractivity (Wildman–Crippen MR) is 66.0 cm³/mol. The second kappa shape index (κ2) is 4.83. The summed E-state index contributed by atoms with van der Waals surface area (Å²) < 4.78 is 13.6. The zero-order chi connectivity index (χ0) is 12.4. The molecule has 0 atom stereocenters. The fourth-order valence-corrected chi connectivity index (χ4v) is 1.86. The summed E-state index contributed by atoms with van der Waals surface area (Å²) in [6, 6.07) is 0. The zero-order valence-corrected chi connectivity index (χ0v) is 10.5. The molecule has 0 bridgehead atoms. The smallest absolute Gasteiger partial charge is 0.227 e. The van der Waals surface area contributed by atoms with Gasteiger partial charge in [0.1, 0.15) is 0 Å². The molecule has 0 aliphatic carbocycles. The van der Waals surface area contributed by atoms with E-state index in [-0.39, 0.29) is 11.6 Å². The van der Waals surface area contributed by atoms with E-state index in [0.717, 1.165) is 26.2 Å². The summed E-state index contributed by atoms with van der Waals surface area (Å²) in [5, 5.41) is 2.76. The fourth-order valence-electron chi connectivity index (χ4n) is 1.86. The van der Waals surface area contributed by atoms with Crippen molar-refractivity contribution in [2.75, 3.05) is 50.5 Å². The van der Waals surface area contributed by atoms with E-state index in [2.05, 4.69) is 32.1 Å². The molecule has 2 rings (SSSR count). The quantitative estimate of drug-likeness (QED) is 0.823. The van der Waals surface area contributed by atoms with E-state index in [9.17, 15) is 4.39 Å². The molecule has 0 aromatic carbocycles. The Labute approximate surface area is 101 Å². The third-order valence-corrected chi connectivity index (χ3v) is 3.03. The molecule has 1 N–H and O–H groups in total. The number of nitrogens with one attached hydrogen (secondary N) is 1. The Balaban J connectivity index is 2.24. The summed E-state index contributed by atoms with van der Waals surface area (Å²) in [5.41, 5.74) is 0.387. The molecule has 94 valence electrons. The standard InChI is InChI=1S/C11H18FN5/c1-8-9(12)10(13-2)15-11(14-8)17-6-4-16(3)5-7-17/h4-7H2,1-3H3,(H,13,14,15). The van der Waals surface area contributed by atoms with E-state index >= 15 is 0 Å². The Kier molecular flexibility index (Phi) is 3.42. The minimum Gasteiger partial charge on any atom is -0.371 e. The maximum absolute atomic E-state index is 13.6. The van der Waals surface area contributed by atoms with Crippen LogP contribution >= 0.6 is 0 Å². The summed E-state index contributed by atoms with van der Waals surface area (Å²) >= 11 is 0. The second-order valence-electron chi connectivity index (χ2n) is 4.31. The van der Waals surface area contributed by atoms with E-state index in [0.29, 0.717) is 11.6 Å². The van der Waals surface area contributed by atoms with Crippen LogP contribution in [0.5, 0.6) is 0 Å². The molecule has 2 heterocycles. The minimum atomic E-state index is -0.370. The first-order chi connectivity index (χ1) is 8.11. The highest BCUT2D eigenvalue weighted by atomic mass is 19.1. The largest absolute Gasteiger partial charge is 0.371 e. The molecule has 5 nitrogen and oxygen atoms in total. The lowest BCUT2D eigenvalue weighted by Gasteiger charge is -2.32. The third kappa shape index (κ3) is 2.46. The summed E-state index contributed by atoms with van der Waals surface area (Å²) in [6.45, 7) is 5.39. The van der Waals surface area contributed by atoms with Crippen LogP contribution in [0.15, 0.2) is 0 Å². The highest BCUT2D eigenvalue weighted by Gasteiger charge is 2.19. The summed E-state index contributed by atoms with van der Waals surface area (Å²) in [5.74, 6) is 0.512. The molecule has 17 heavy (non-hydrogen) atoms. The first-order valence-corrected chi connectivity index (χ1v) is 5.77. The average molecular weight is 239 g/mol. The van der Waals surface area contributed by atoms with E-state index < -0.39 is 0 Å². The molecular formula is C11H18FN5. The maximum Gasteiger partial charge on any atom is 0.227 e. The molecule has 6 heteroatoms. The van der Waals surface area contributed by atoms with Gasteiger partial charge in [-0.25, -0.2) is 9.37 Å². The van der Waals surface area contributed by atoms with Gasteiger partial charge in [-0.05, 0) is 14.0 Å². The van der Waals surface area contributed by atoms with Crippen molar-refractivity contribution in [2.45, 2.75) is 6.92 Å². The van der Waals surface area contributed by atoms with Crippen LogP contribution in [-0.2, 0) is 0 Å². The van der Waals surface area contributed by atoms with Gasteiger partial charge in [-0.2, -0.15) is 4.98 Å². The lowest BCUT2D eigenvalue weighted by Crippen LogP contribution is -2.45. The van der Waals surface area contributed by atoms with Gasteiger partial charge in [0, 0.05) is 33.2 Å². The van der Waals surface area contributed by atoms with Crippen molar-refractivity contribution in [2.24, 2.45) is 0 Å². The monoisotopic (exact) mass is 239 g/mol. The lowest BCUT2D eigenvalue weighted by molar-refractivity contribution is 0.311. The Hall–Kier alpha value is -1.43. The van der Waals surface area contributed by atoms with Crippen molar-refractivity contribution in [1.82, 2.24) is 14.9 Å². The van der Waals surface area contributed by atoms with Gasteiger partial charge in [-0.1, -0.05) is 0 Å². The number of aromatic nitrogens is 2. The zero-order valence-electron chi connectivity index (χ0n) is 10.5.